The molecule has 0 bridgehead atoms. The highest BCUT2D eigenvalue weighted by atomic mass is 32.2. The van der Waals surface area contributed by atoms with Crippen LogP contribution in [0.1, 0.15) is 42.5 Å². The number of aliphatic carboxylic acids is 1. The molecule has 2 aromatic carbocycles. The molecular formula is C32H32N4O7S. The van der Waals surface area contributed by atoms with Crippen LogP contribution in [0, 0.1) is 0 Å². The van der Waals surface area contributed by atoms with E-state index >= 15 is 0 Å². The molecule has 4 rings (SSSR count). The highest BCUT2D eigenvalue weighted by Crippen LogP contribution is 2.23. The van der Waals surface area contributed by atoms with Crippen LogP contribution >= 0.6 is 0 Å². The van der Waals surface area contributed by atoms with Gasteiger partial charge in [0.1, 0.15) is 17.8 Å². The largest absolute Gasteiger partial charge is 0.480 e. The van der Waals surface area contributed by atoms with Gasteiger partial charge < -0.3 is 9.84 Å². The predicted octanol–water partition coefficient (Wildman–Crippen LogP) is 5.00. The lowest BCUT2D eigenvalue weighted by atomic mass is 10.0. The average molecular weight is 617 g/mol. The first-order chi connectivity index (χ1) is 20.8. The summed E-state index contributed by atoms with van der Waals surface area (Å²) in [4.78, 5) is 46.2. The fourth-order valence-corrected chi connectivity index (χ4v) is 5.50. The van der Waals surface area contributed by atoms with E-state index < -0.39 is 40.1 Å². The van der Waals surface area contributed by atoms with Gasteiger partial charge in [-0.15, -0.1) is 0 Å². The molecule has 12 heteroatoms. The maximum Gasteiger partial charge on any atom is 0.417 e. The standard InChI is InChI=1S/C32H32N4O7S/c1-32(2,3)43-31(40)36(22-29(37)38)30(39)27-13-9-12-26(34-27)21-35(44(41,42)28-14-7-8-19-33-28)20-23-15-17-25(18-16-23)24-10-5-4-6-11-24/h4-19H,20-22H2,1-3H3,(H,37,38). The molecule has 2 aromatic heterocycles. The van der Waals surface area contributed by atoms with Crippen LogP contribution in [0.3, 0.4) is 0 Å². The second-order valence-electron chi connectivity index (χ2n) is 10.8. The quantitative estimate of drug-likeness (QED) is 0.260. The van der Waals surface area contributed by atoms with Gasteiger partial charge in [0.2, 0.25) is 0 Å². The molecule has 4 aromatic rings. The molecule has 0 aliphatic carbocycles. The number of carbonyl (C=O) groups excluding carboxylic acids is 2. The Hall–Kier alpha value is -4.94. The fraction of sp³-hybridized carbons (Fsp3) is 0.219. The molecule has 0 aliphatic heterocycles. The lowest BCUT2D eigenvalue weighted by molar-refractivity contribution is -0.137. The minimum Gasteiger partial charge on any atom is -0.480 e. The van der Waals surface area contributed by atoms with Crippen molar-refractivity contribution >= 4 is 28.0 Å². The third-order valence-corrected chi connectivity index (χ3v) is 7.89. The first-order valence-corrected chi connectivity index (χ1v) is 15.1. The number of hydrogen-bond donors (Lipinski definition) is 1. The molecule has 1 N–H and O–H groups in total. The third kappa shape index (κ3) is 8.33. The van der Waals surface area contributed by atoms with E-state index in [1.165, 1.54) is 34.8 Å². The van der Waals surface area contributed by atoms with Crippen LogP contribution in [0.5, 0.6) is 0 Å². The van der Waals surface area contributed by atoms with E-state index in [0.717, 1.165) is 11.1 Å². The molecule has 0 atom stereocenters. The van der Waals surface area contributed by atoms with Crippen molar-refractivity contribution < 1.29 is 32.6 Å². The van der Waals surface area contributed by atoms with Crippen LogP contribution in [-0.2, 0) is 32.6 Å². The van der Waals surface area contributed by atoms with Crippen LogP contribution in [0.25, 0.3) is 11.1 Å². The first-order valence-electron chi connectivity index (χ1n) is 13.6. The molecule has 0 aliphatic rings. The van der Waals surface area contributed by atoms with Crippen molar-refractivity contribution in [2.45, 2.75) is 44.5 Å². The molecule has 0 saturated heterocycles. The zero-order valence-corrected chi connectivity index (χ0v) is 25.3. The number of carbonyl (C=O) groups is 3. The summed E-state index contributed by atoms with van der Waals surface area (Å²) < 4.78 is 33.9. The van der Waals surface area contributed by atoms with Gasteiger partial charge in [0, 0.05) is 12.7 Å². The molecule has 0 saturated carbocycles. The summed E-state index contributed by atoms with van der Waals surface area (Å²) >= 11 is 0. The molecule has 2 amide bonds. The van der Waals surface area contributed by atoms with Gasteiger partial charge >= 0.3 is 12.1 Å². The van der Waals surface area contributed by atoms with Crippen LogP contribution < -0.4 is 0 Å². The number of benzene rings is 2. The van der Waals surface area contributed by atoms with Crippen LogP contribution in [0.4, 0.5) is 4.79 Å². The monoisotopic (exact) mass is 616 g/mol. The second kappa shape index (κ2) is 13.6. The molecular weight excluding hydrogens is 584 g/mol. The summed E-state index contributed by atoms with van der Waals surface area (Å²) in [7, 11) is -4.12. The normalized spacial score (nSPS) is 11.6. The number of imide groups is 1. The van der Waals surface area contributed by atoms with Crippen LogP contribution in [0.2, 0.25) is 0 Å². The van der Waals surface area contributed by atoms with Crippen molar-refractivity contribution in [2.24, 2.45) is 0 Å². The molecule has 44 heavy (non-hydrogen) atoms. The smallest absolute Gasteiger partial charge is 0.417 e. The van der Waals surface area contributed by atoms with E-state index in [0.29, 0.717) is 10.5 Å². The van der Waals surface area contributed by atoms with Crippen molar-refractivity contribution in [3.63, 3.8) is 0 Å². The Balaban J connectivity index is 1.64. The average Bonchev–Trinajstić information content (AvgIpc) is 2.99. The molecule has 11 nitrogen and oxygen atoms in total. The van der Waals surface area contributed by atoms with Gasteiger partial charge in [-0.3, -0.25) is 9.59 Å². The number of nitrogens with zero attached hydrogens (tertiary/aromatic N) is 4. The Morgan fingerprint density at radius 1 is 0.818 bits per heavy atom. The Kier molecular flexibility index (Phi) is 9.87. The molecule has 0 unspecified atom stereocenters. The number of hydrogen-bond acceptors (Lipinski definition) is 8. The van der Waals surface area contributed by atoms with Crippen molar-refractivity contribution in [1.29, 1.82) is 0 Å². The van der Waals surface area contributed by atoms with Crippen molar-refractivity contribution in [3.8, 4) is 11.1 Å². The number of carboxylic acids is 1. The summed E-state index contributed by atoms with van der Waals surface area (Å²) in [5.41, 5.74) is 1.65. The number of sulfonamides is 1. The van der Waals surface area contributed by atoms with Crippen LogP contribution in [0.15, 0.2) is 102 Å². The number of pyridine rings is 2. The Bertz CT molecular complexity index is 1720. The Morgan fingerprint density at radius 3 is 2.09 bits per heavy atom. The van der Waals surface area contributed by atoms with Crippen LogP contribution in [-0.4, -0.2) is 62.8 Å². The van der Waals surface area contributed by atoms with E-state index in [9.17, 15) is 27.9 Å². The summed E-state index contributed by atoms with van der Waals surface area (Å²) in [6.07, 6.45) is 0.237. The molecule has 2 heterocycles. The zero-order valence-electron chi connectivity index (χ0n) is 24.5. The van der Waals surface area contributed by atoms with Gasteiger partial charge in [0.05, 0.1) is 12.2 Å². The van der Waals surface area contributed by atoms with E-state index in [4.69, 9.17) is 4.74 Å². The Morgan fingerprint density at radius 2 is 1.48 bits per heavy atom. The molecule has 0 spiro atoms. The molecule has 228 valence electrons. The third-order valence-electron chi connectivity index (χ3n) is 6.18. The van der Waals surface area contributed by atoms with Crippen molar-refractivity contribution in [3.05, 3.63) is 114 Å². The van der Waals surface area contributed by atoms with Gasteiger partial charge in [-0.2, -0.15) is 4.31 Å². The minimum atomic E-state index is -4.12. The van der Waals surface area contributed by atoms with Crippen molar-refractivity contribution in [1.82, 2.24) is 19.2 Å². The summed E-state index contributed by atoms with van der Waals surface area (Å²) in [5.74, 6) is -2.43. The maximum absolute atomic E-state index is 13.7. The highest BCUT2D eigenvalue weighted by Gasteiger charge is 2.31. The van der Waals surface area contributed by atoms with E-state index in [2.05, 4.69) is 9.97 Å². The fourth-order valence-electron chi connectivity index (χ4n) is 4.17. The van der Waals surface area contributed by atoms with Gasteiger partial charge in [-0.05, 0) is 61.7 Å². The predicted molar refractivity (Wildman–Crippen MR) is 162 cm³/mol. The topological polar surface area (TPSA) is 147 Å². The van der Waals surface area contributed by atoms with Crippen molar-refractivity contribution in [2.75, 3.05) is 6.54 Å². The first kappa shape index (κ1) is 32.0. The maximum atomic E-state index is 13.7. The lowest BCUT2D eigenvalue weighted by Crippen LogP contribution is -2.44. The van der Waals surface area contributed by atoms with Gasteiger partial charge in [0.15, 0.2) is 5.03 Å². The molecule has 0 radical (unpaired) electrons. The van der Waals surface area contributed by atoms with E-state index in [1.807, 2.05) is 54.6 Å². The summed E-state index contributed by atoms with van der Waals surface area (Å²) in [6.45, 7) is 3.53. The van der Waals surface area contributed by atoms with E-state index in [1.54, 1.807) is 32.9 Å². The second-order valence-corrected chi connectivity index (χ2v) is 12.7. The van der Waals surface area contributed by atoms with Gasteiger partial charge in [-0.25, -0.2) is 28.1 Å². The van der Waals surface area contributed by atoms with Gasteiger partial charge in [-0.1, -0.05) is 66.7 Å². The minimum absolute atomic E-state index is 0.0309. The number of ether oxygens (including phenoxy) is 1. The zero-order chi connectivity index (χ0) is 31.9. The molecule has 0 fully saturated rings. The number of carboxylic acid groups (broad SMARTS) is 1. The number of aromatic nitrogens is 2. The SMILES string of the molecule is CC(C)(C)OC(=O)N(CC(=O)O)C(=O)c1cccc(CN(Cc2ccc(-c3ccccc3)cc2)S(=O)(=O)c2ccccn2)n1. The lowest BCUT2D eigenvalue weighted by Gasteiger charge is -2.25. The Labute approximate surface area is 255 Å². The summed E-state index contributed by atoms with van der Waals surface area (Å²) in [5, 5.41) is 9.16. The highest BCUT2D eigenvalue weighted by molar-refractivity contribution is 7.89. The number of amides is 2. The van der Waals surface area contributed by atoms with E-state index in [-0.39, 0.29) is 29.5 Å². The summed E-state index contributed by atoms with van der Waals surface area (Å²) in [6, 6.07) is 26.1. The number of rotatable bonds is 10. The van der Waals surface area contributed by atoms with Gasteiger partial charge in [0.25, 0.3) is 15.9 Å².